The zero-order valence-electron chi connectivity index (χ0n) is 19.9. The number of rotatable bonds is 13. The highest BCUT2D eigenvalue weighted by Gasteiger charge is 2.15. The first-order chi connectivity index (χ1) is 16.0. The molecule has 1 aromatic rings. The van der Waals surface area contributed by atoms with Gasteiger partial charge in [0.15, 0.2) is 0 Å². The third-order valence-electron chi connectivity index (χ3n) is 5.19. The third kappa shape index (κ3) is 9.46. The Balaban J connectivity index is 2.98. The third-order valence-corrected chi connectivity index (χ3v) is 5.19. The average molecular weight is 444 g/mol. The predicted octanol–water partition coefficient (Wildman–Crippen LogP) is 6.13. The Bertz CT molecular complexity index is 961. The largest absolute Gasteiger partial charge is 0.372 e. The van der Waals surface area contributed by atoms with E-state index >= 15 is 0 Å². The molecule has 1 N–H and O–H groups in total. The van der Waals surface area contributed by atoms with E-state index < -0.39 is 0 Å². The number of nitrogens with zero attached hydrogens (tertiary/aromatic N) is 4. The number of benzene rings is 1. The molecule has 6 heteroatoms. The number of allylic oxidation sites excluding steroid dienone is 3. The van der Waals surface area contributed by atoms with Crippen molar-refractivity contribution < 1.29 is 4.79 Å². The Morgan fingerprint density at radius 3 is 2.24 bits per heavy atom. The molecule has 172 valence electrons. The summed E-state index contributed by atoms with van der Waals surface area (Å²) < 4.78 is 0. The minimum absolute atomic E-state index is 0.0323. The van der Waals surface area contributed by atoms with E-state index in [4.69, 9.17) is 6.57 Å². The molecule has 0 aliphatic rings. The second kappa shape index (κ2) is 15.9. The summed E-state index contributed by atoms with van der Waals surface area (Å²) in [6, 6.07) is 11.6. The Kier molecular flexibility index (Phi) is 13.1. The monoisotopic (exact) mass is 443 g/mol. The van der Waals surface area contributed by atoms with Gasteiger partial charge in [0.2, 0.25) is 11.6 Å². The molecule has 6 nitrogen and oxygen atoms in total. The molecule has 1 aromatic carbocycles. The van der Waals surface area contributed by atoms with E-state index in [0.29, 0.717) is 0 Å². The van der Waals surface area contributed by atoms with E-state index in [-0.39, 0.29) is 29.3 Å². The van der Waals surface area contributed by atoms with Crippen molar-refractivity contribution in [2.45, 2.75) is 59.3 Å². The molecule has 0 spiro atoms. The number of hydrogen-bond donors (Lipinski definition) is 1. The van der Waals surface area contributed by atoms with Crippen LogP contribution in [0.2, 0.25) is 0 Å². The lowest BCUT2D eigenvalue weighted by atomic mass is 10.1. The number of nitriles is 2. The average Bonchev–Trinajstić information content (AvgIpc) is 2.83. The molecule has 0 heterocycles. The molecule has 0 saturated heterocycles. The molecular weight excluding hydrogens is 410 g/mol. The van der Waals surface area contributed by atoms with Crippen LogP contribution in [0.1, 0.15) is 64.9 Å². The van der Waals surface area contributed by atoms with Gasteiger partial charge in [-0.1, -0.05) is 63.0 Å². The van der Waals surface area contributed by atoms with Gasteiger partial charge in [0.05, 0.1) is 12.3 Å². The maximum atomic E-state index is 12.4. The lowest BCUT2D eigenvalue weighted by molar-refractivity contribution is -0.120. The molecule has 0 aliphatic heterocycles. The quantitative estimate of drug-likeness (QED) is 0.172. The molecule has 0 atom stereocenters. The van der Waals surface area contributed by atoms with Crippen molar-refractivity contribution >= 4 is 17.7 Å². The predicted molar refractivity (Wildman–Crippen MR) is 133 cm³/mol. The summed E-state index contributed by atoms with van der Waals surface area (Å²) in [5, 5.41) is 21.2. The van der Waals surface area contributed by atoms with E-state index in [1.807, 2.05) is 30.3 Å². The van der Waals surface area contributed by atoms with Crippen LogP contribution in [0.4, 0.5) is 5.69 Å². The molecule has 1 rings (SSSR count). The smallest absolute Gasteiger partial charge is 0.223 e. The number of carbonyl (C=O) groups excluding carboxylic acids is 1. The van der Waals surface area contributed by atoms with E-state index in [1.165, 1.54) is 6.08 Å². The van der Waals surface area contributed by atoms with Crippen LogP contribution < -0.4 is 10.2 Å². The highest BCUT2D eigenvalue weighted by atomic mass is 16.1. The van der Waals surface area contributed by atoms with E-state index in [9.17, 15) is 15.3 Å². The van der Waals surface area contributed by atoms with Crippen molar-refractivity contribution in [1.82, 2.24) is 5.32 Å². The van der Waals surface area contributed by atoms with Crippen LogP contribution in [0.15, 0.2) is 53.4 Å². The Morgan fingerprint density at radius 1 is 1.06 bits per heavy atom. The first-order valence-corrected chi connectivity index (χ1v) is 11.5. The highest BCUT2D eigenvalue weighted by molar-refractivity contribution is 5.80. The topological polar surface area (TPSA) is 84.3 Å². The highest BCUT2D eigenvalue weighted by Crippen LogP contribution is 2.18. The fourth-order valence-electron chi connectivity index (χ4n) is 3.29. The lowest BCUT2D eigenvalue weighted by Crippen LogP contribution is -2.24. The van der Waals surface area contributed by atoms with Crippen LogP contribution in [0.5, 0.6) is 0 Å². The van der Waals surface area contributed by atoms with Gasteiger partial charge < -0.3 is 10.2 Å². The van der Waals surface area contributed by atoms with Crippen molar-refractivity contribution in [1.29, 1.82) is 10.5 Å². The summed E-state index contributed by atoms with van der Waals surface area (Å²) in [5.74, 6) is -0.296. The molecule has 0 fully saturated rings. The van der Waals surface area contributed by atoms with Gasteiger partial charge in [-0.3, -0.25) is 4.79 Å². The Hall–Kier alpha value is -3.82. The number of nitrogens with one attached hydrogen (secondary N) is 1. The second-order valence-electron chi connectivity index (χ2n) is 7.47. The summed E-state index contributed by atoms with van der Waals surface area (Å²) in [5.41, 5.74) is 1.82. The normalized spacial score (nSPS) is 10.7. The fourth-order valence-corrected chi connectivity index (χ4v) is 3.29. The fraction of sp³-hybridized carbons (Fsp3) is 0.407. The van der Waals surface area contributed by atoms with Gasteiger partial charge in [0, 0.05) is 25.2 Å². The zero-order chi connectivity index (χ0) is 24.5. The van der Waals surface area contributed by atoms with Gasteiger partial charge in [-0.05, 0) is 38.0 Å². The first-order valence-electron chi connectivity index (χ1n) is 11.5. The summed E-state index contributed by atoms with van der Waals surface area (Å²) in [4.78, 5) is 18.1. The Labute approximate surface area is 198 Å². The number of unbranched alkanes of at least 4 members (excludes halogenated alkanes) is 4. The number of carbonyl (C=O) groups is 1. The summed E-state index contributed by atoms with van der Waals surface area (Å²) >= 11 is 0. The second-order valence-corrected chi connectivity index (χ2v) is 7.47. The molecule has 0 aromatic heterocycles. The molecule has 33 heavy (non-hydrogen) atoms. The molecule has 0 bridgehead atoms. The van der Waals surface area contributed by atoms with E-state index in [1.54, 1.807) is 18.2 Å². The van der Waals surface area contributed by atoms with Crippen LogP contribution in [-0.4, -0.2) is 19.0 Å². The van der Waals surface area contributed by atoms with Crippen LogP contribution in [-0.2, 0) is 4.79 Å². The summed E-state index contributed by atoms with van der Waals surface area (Å²) in [6.45, 7) is 15.7. The molecule has 0 unspecified atom stereocenters. The lowest BCUT2D eigenvalue weighted by Gasteiger charge is -2.20. The van der Waals surface area contributed by atoms with Crippen LogP contribution in [0.25, 0.3) is 10.9 Å². The number of anilines is 1. The van der Waals surface area contributed by atoms with Crippen molar-refractivity contribution in [3.05, 3.63) is 70.4 Å². The van der Waals surface area contributed by atoms with Crippen molar-refractivity contribution in [3.8, 4) is 12.1 Å². The molecule has 0 saturated carbocycles. The van der Waals surface area contributed by atoms with Crippen molar-refractivity contribution in [2.24, 2.45) is 0 Å². The van der Waals surface area contributed by atoms with Crippen LogP contribution >= 0.6 is 0 Å². The zero-order valence-corrected chi connectivity index (χ0v) is 19.9. The van der Waals surface area contributed by atoms with Gasteiger partial charge in [-0.15, -0.1) is 0 Å². The van der Waals surface area contributed by atoms with Gasteiger partial charge >= 0.3 is 0 Å². The van der Waals surface area contributed by atoms with Crippen LogP contribution in [0.3, 0.4) is 0 Å². The standard InChI is InChI=1S/C27H33N5O/c1-5-8-9-10-11-15-26(33)31-27(23(20-28)21-29)25(30-4)14-12-13-22-16-18-24(19-17-22)32(6-2)7-3/h12-14,16-19H,5-11,15H2,1-3H3,(H,31,33)/b13-12+,25-14-. The molecule has 0 aliphatic carbocycles. The van der Waals surface area contributed by atoms with Gasteiger partial charge in [-0.2, -0.15) is 10.5 Å². The maximum absolute atomic E-state index is 12.4. The summed E-state index contributed by atoms with van der Waals surface area (Å²) in [7, 11) is 0. The SMILES string of the molecule is [C-]#[N+]/C(=C\C=C\c1ccc(N(CC)CC)cc1)C(NC(=O)CCCCCCC)=C(C#N)C#N. The van der Waals surface area contributed by atoms with Gasteiger partial charge in [-0.25, -0.2) is 4.85 Å². The minimum atomic E-state index is -0.296. The summed E-state index contributed by atoms with van der Waals surface area (Å²) in [6.07, 6.45) is 10.3. The molecule has 1 amide bonds. The van der Waals surface area contributed by atoms with E-state index in [0.717, 1.165) is 56.4 Å². The van der Waals surface area contributed by atoms with Crippen LogP contribution in [0, 0.1) is 29.2 Å². The first kappa shape index (κ1) is 27.2. The van der Waals surface area contributed by atoms with Gasteiger partial charge in [0.25, 0.3) is 0 Å². The van der Waals surface area contributed by atoms with E-state index in [2.05, 4.69) is 35.8 Å². The van der Waals surface area contributed by atoms with Crippen molar-refractivity contribution in [2.75, 3.05) is 18.0 Å². The van der Waals surface area contributed by atoms with Crippen molar-refractivity contribution in [3.63, 3.8) is 0 Å². The minimum Gasteiger partial charge on any atom is -0.372 e. The number of hydrogen-bond acceptors (Lipinski definition) is 4. The Morgan fingerprint density at radius 2 is 1.70 bits per heavy atom. The molecule has 0 radical (unpaired) electrons. The molecular formula is C27H33N5O. The maximum Gasteiger partial charge on any atom is 0.223 e. The number of amides is 1. The van der Waals surface area contributed by atoms with Gasteiger partial charge in [0.1, 0.15) is 17.7 Å².